The van der Waals surface area contributed by atoms with Crippen LogP contribution in [-0.2, 0) is 14.3 Å². The van der Waals surface area contributed by atoms with Crippen LogP contribution in [0, 0.1) is 5.92 Å². The summed E-state index contributed by atoms with van der Waals surface area (Å²) in [5.74, 6) is 0.195. The Morgan fingerprint density at radius 2 is 2.22 bits per heavy atom. The lowest BCUT2D eigenvalue weighted by atomic mass is 10.0. The van der Waals surface area contributed by atoms with Gasteiger partial charge in [-0.15, -0.1) is 0 Å². The number of hydrogen-bond acceptors (Lipinski definition) is 4. The monoisotopic (exact) mass is 256 g/mol. The highest BCUT2D eigenvalue weighted by molar-refractivity contribution is 5.80. The fourth-order valence-corrected chi connectivity index (χ4v) is 2.66. The van der Waals surface area contributed by atoms with Gasteiger partial charge in [-0.05, 0) is 13.0 Å². The summed E-state index contributed by atoms with van der Waals surface area (Å²) in [6.07, 6.45) is 1.16. The fourth-order valence-electron chi connectivity index (χ4n) is 2.66. The third-order valence-electron chi connectivity index (χ3n) is 3.77. The molecule has 2 heterocycles. The molecular weight excluding hydrogens is 232 g/mol. The van der Waals surface area contributed by atoms with Gasteiger partial charge in [-0.3, -0.25) is 4.79 Å². The highest BCUT2D eigenvalue weighted by Gasteiger charge is 2.37. The highest BCUT2D eigenvalue weighted by Crippen LogP contribution is 2.19. The summed E-state index contributed by atoms with van der Waals surface area (Å²) in [7, 11) is 0. The summed E-state index contributed by atoms with van der Waals surface area (Å²) in [4.78, 5) is 14.4. The quantitative estimate of drug-likeness (QED) is 0.783. The van der Waals surface area contributed by atoms with Gasteiger partial charge in [-0.25, -0.2) is 0 Å². The second-order valence-electron chi connectivity index (χ2n) is 4.99. The first-order valence-corrected chi connectivity index (χ1v) is 6.97. The third-order valence-corrected chi connectivity index (χ3v) is 3.77. The Morgan fingerprint density at radius 3 is 2.94 bits per heavy atom. The minimum Gasteiger partial charge on any atom is -0.379 e. The maximum absolute atomic E-state index is 12.5. The minimum atomic E-state index is -0.0273. The van der Waals surface area contributed by atoms with Crippen LogP contribution in [0.1, 0.15) is 20.3 Å². The van der Waals surface area contributed by atoms with Crippen molar-refractivity contribution >= 4 is 5.91 Å². The second-order valence-corrected chi connectivity index (χ2v) is 4.99. The molecule has 2 aliphatic heterocycles. The number of amides is 1. The summed E-state index contributed by atoms with van der Waals surface area (Å²) < 4.78 is 11.0. The molecule has 2 rings (SSSR count). The van der Waals surface area contributed by atoms with Crippen molar-refractivity contribution in [2.45, 2.75) is 32.4 Å². The van der Waals surface area contributed by atoms with Gasteiger partial charge in [0.25, 0.3) is 0 Å². The minimum absolute atomic E-state index is 0.0273. The van der Waals surface area contributed by atoms with Crippen LogP contribution in [0.2, 0.25) is 0 Å². The molecule has 18 heavy (non-hydrogen) atoms. The van der Waals surface area contributed by atoms with E-state index >= 15 is 0 Å². The van der Waals surface area contributed by atoms with Crippen LogP contribution >= 0.6 is 0 Å². The molecule has 2 aliphatic rings. The maximum Gasteiger partial charge on any atom is 0.229 e. The number of morpholine rings is 1. The van der Waals surface area contributed by atoms with Crippen LogP contribution in [0.25, 0.3) is 0 Å². The molecule has 0 radical (unpaired) electrons. The van der Waals surface area contributed by atoms with Crippen molar-refractivity contribution in [3.8, 4) is 0 Å². The SMILES string of the molecule is CCNC1COCC1C(=O)N1CCOC(CC)C1. The summed E-state index contributed by atoms with van der Waals surface area (Å²) in [5.41, 5.74) is 0. The smallest absolute Gasteiger partial charge is 0.229 e. The zero-order chi connectivity index (χ0) is 13.0. The molecule has 2 saturated heterocycles. The van der Waals surface area contributed by atoms with Gasteiger partial charge in [0.05, 0.1) is 31.8 Å². The molecule has 5 heteroatoms. The van der Waals surface area contributed by atoms with Gasteiger partial charge in [-0.1, -0.05) is 13.8 Å². The Morgan fingerprint density at radius 1 is 1.39 bits per heavy atom. The second kappa shape index (κ2) is 6.50. The van der Waals surface area contributed by atoms with E-state index in [2.05, 4.69) is 19.2 Å². The van der Waals surface area contributed by atoms with E-state index in [4.69, 9.17) is 9.47 Å². The molecule has 3 unspecified atom stereocenters. The molecule has 3 atom stereocenters. The molecular formula is C13H24N2O3. The van der Waals surface area contributed by atoms with Crippen molar-refractivity contribution in [2.75, 3.05) is 39.5 Å². The first kappa shape index (κ1) is 13.8. The van der Waals surface area contributed by atoms with Gasteiger partial charge < -0.3 is 19.7 Å². The zero-order valence-electron chi connectivity index (χ0n) is 11.4. The van der Waals surface area contributed by atoms with Crippen LogP contribution in [0.3, 0.4) is 0 Å². The van der Waals surface area contributed by atoms with Gasteiger partial charge in [0, 0.05) is 19.1 Å². The van der Waals surface area contributed by atoms with E-state index in [-0.39, 0.29) is 24.0 Å². The maximum atomic E-state index is 12.5. The van der Waals surface area contributed by atoms with Crippen LogP contribution < -0.4 is 5.32 Å². The van der Waals surface area contributed by atoms with E-state index in [1.165, 1.54) is 0 Å². The molecule has 0 aromatic carbocycles. The zero-order valence-corrected chi connectivity index (χ0v) is 11.4. The van der Waals surface area contributed by atoms with Gasteiger partial charge >= 0.3 is 0 Å². The van der Waals surface area contributed by atoms with E-state index < -0.39 is 0 Å². The molecule has 0 aromatic heterocycles. The number of nitrogens with zero attached hydrogens (tertiary/aromatic N) is 1. The van der Waals surface area contributed by atoms with E-state index in [0.29, 0.717) is 26.4 Å². The van der Waals surface area contributed by atoms with E-state index in [1.54, 1.807) is 0 Å². The van der Waals surface area contributed by atoms with Gasteiger partial charge in [0.2, 0.25) is 5.91 Å². The van der Waals surface area contributed by atoms with Crippen molar-refractivity contribution < 1.29 is 14.3 Å². The average Bonchev–Trinajstić information content (AvgIpc) is 2.86. The molecule has 1 N–H and O–H groups in total. The molecule has 0 aromatic rings. The van der Waals surface area contributed by atoms with E-state index in [9.17, 15) is 4.79 Å². The van der Waals surface area contributed by atoms with Crippen molar-refractivity contribution in [1.29, 1.82) is 0 Å². The molecule has 5 nitrogen and oxygen atoms in total. The van der Waals surface area contributed by atoms with Gasteiger partial charge in [0.15, 0.2) is 0 Å². The molecule has 2 fully saturated rings. The lowest BCUT2D eigenvalue weighted by Crippen LogP contribution is -2.51. The highest BCUT2D eigenvalue weighted by atomic mass is 16.5. The fraction of sp³-hybridized carbons (Fsp3) is 0.923. The van der Waals surface area contributed by atoms with Crippen molar-refractivity contribution in [2.24, 2.45) is 5.92 Å². The van der Waals surface area contributed by atoms with Crippen LogP contribution in [0.15, 0.2) is 0 Å². The number of ether oxygens (including phenoxy) is 2. The number of carbonyl (C=O) groups is 1. The Balaban J connectivity index is 1.93. The summed E-state index contributed by atoms with van der Waals surface area (Å²) in [6.45, 7) is 8.31. The number of rotatable bonds is 4. The standard InChI is InChI=1S/C13H24N2O3/c1-3-10-7-15(5-6-18-10)13(16)11-8-17-9-12(11)14-4-2/h10-12,14H,3-9H2,1-2H3. The van der Waals surface area contributed by atoms with Gasteiger partial charge in [-0.2, -0.15) is 0 Å². The Labute approximate surface area is 109 Å². The number of likely N-dealkylation sites (N-methyl/N-ethyl adjacent to an activating group) is 1. The number of hydrogen-bond donors (Lipinski definition) is 1. The lowest BCUT2D eigenvalue weighted by molar-refractivity contribution is -0.143. The largest absolute Gasteiger partial charge is 0.379 e. The molecule has 104 valence electrons. The van der Waals surface area contributed by atoms with E-state index in [0.717, 1.165) is 19.5 Å². The molecule has 1 amide bonds. The normalized spacial score (nSPS) is 32.8. The number of carbonyl (C=O) groups excluding carboxylic acids is 1. The van der Waals surface area contributed by atoms with E-state index in [1.807, 2.05) is 4.90 Å². The summed E-state index contributed by atoms with van der Waals surface area (Å²) in [5, 5.41) is 3.34. The molecule has 0 aliphatic carbocycles. The predicted octanol–water partition coefficient (Wildman–Crippen LogP) is 0.248. The number of nitrogens with one attached hydrogen (secondary N) is 1. The molecule has 0 spiro atoms. The molecule has 0 bridgehead atoms. The lowest BCUT2D eigenvalue weighted by Gasteiger charge is -2.34. The Hall–Kier alpha value is -0.650. The van der Waals surface area contributed by atoms with Crippen molar-refractivity contribution in [3.05, 3.63) is 0 Å². The molecule has 0 saturated carbocycles. The Bertz CT molecular complexity index is 285. The van der Waals surface area contributed by atoms with Crippen LogP contribution in [0.4, 0.5) is 0 Å². The Kier molecular flexibility index (Phi) is 4.97. The third kappa shape index (κ3) is 3.02. The summed E-state index contributed by atoms with van der Waals surface area (Å²) >= 11 is 0. The first-order valence-electron chi connectivity index (χ1n) is 6.97. The van der Waals surface area contributed by atoms with Crippen LogP contribution in [0.5, 0.6) is 0 Å². The average molecular weight is 256 g/mol. The van der Waals surface area contributed by atoms with Crippen LogP contribution in [-0.4, -0.2) is 62.4 Å². The predicted molar refractivity (Wildman–Crippen MR) is 68.4 cm³/mol. The first-order chi connectivity index (χ1) is 8.76. The summed E-state index contributed by atoms with van der Waals surface area (Å²) in [6, 6.07) is 0.172. The van der Waals surface area contributed by atoms with Gasteiger partial charge in [0.1, 0.15) is 0 Å². The van der Waals surface area contributed by atoms with Crippen molar-refractivity contribution in [1.82, 2.24) is 10.2 Å². The topological polar surface area (TPSA) is 50.8 Å². The van der Waals surface area contributed by atoms with Crippen molar-refractivity contribution in [3.63, 3.8) is 0 Å².